The summed E-state index contributed by atoms with van der Waals surface area (Å²) in [4.78, 5) is 11.4. The number of aromatic nitrogens is 3. The standard InChI is InChI=1S/C13H16N4S2/c1-3-14-11(12-9(2)15-8-19-12)6-10-7-17-4-5-18-13(17)16-10/h4-5,7-8,11,14H,3,6H2,1-2H3. The molecule has 3 heterocycles. The van der Waals surface area contributed by atoms with Gasteiger partial charge in [0.2, 0.25) is 0 Å². The Morgan fingerprint density at radius 2 is 2.32 bits per heavy atom. The minimum atomic E-state index is 0.308. The maximum atomic E-state index is 4.66. The molecule has 0 saturated heterocycles. The molecule has 0 radical (unpaired) electrons. The molecule has 0 aliphatic heterocycles. The largest absolute Gasteiger partial charge is 0.309 e. The maximum Gasteiger partial charge on any atom is 0.193 e. The van der Waals surface area contributed by atoms with Crippen LogP contribution in [0.25, 0.3) is 4.96 Å². The van der Waals surface area contributed by atoms with E-state index < -0.39 is 0 Å². The van der Waals surface area contributed by atoms with Gasteiger partial charge in [0.1, 0.15) is 0 Å². The zero-order valence-corrected chi connectivity index (χ0v) is 12.6. The summed E-state index contributed by atoms with van der Waals surface area (Å²) >= 11 is 3.39. The minimum Gasteiger partial charge on any atom is -0.309 e. The molecule has 1 atom stereocenters. The fourth-order valence-corrected chi connectivity index (χ4v) is 3.83. The van der Waals surface area contributed by atoms with Crippen LogP contribution in [0.4, 0.5) is 0 Å². The molecule has 0 spiro atoms. The second-order valence-electron chi connectivity index (χ2n) is 4.44. The van der Waals surface area contributed by atoms with E-state index in [4.69, 9.17) is 0 Å². The highest BCUT2D eigenvalue weighted by atomic mass is 32.1. The molecule has 1 unspecified atom stereocenters. The molecule has 1 N–H and O–H groups in total. The summed E-state index contributed by atoms with van der Waals surface area (Å²) in [6.45, 7) is 5.15. The van der Waals surface area contributed by atoms with E-state index >= 15 is 0 Å². The molecule has 4 nitrogen and oxygen atoms in total. The van der Waals surface area contributed by atoms with E-state index in [9.17, 15) is 0 Å². The van der Waals surface area contributed by atoms with Crippen LogP contribution in [0.2, 0.25) is 0 Å². The molecule has 0 aromatic carbocycles. The van der Waals surface area contributed by atoms with Crippen molar-refractivity contribution >= 4 is 27.6 Å². The first kappa shape index (κ1) is 12.8. The first-order chi connectivity index (χ1) is 9.28. The van der Waals surface area contributed by atoms with Gasteiger partial charge in [-0.25, -0.2) is 9.97 Å². The highest BCUT2D eigenvalue weighted by molar-refractivity contribution is 7.15. The Morgan fingerprint density at radius 3 is 3.00 bits per heavy atom. The molecular formula is C13H16N4S2. The summed E-state index contributed by atoms with van der Waals surface area (Å²) in [5.41, 5.74) is 4.17. The zero-order chi connectivity index (χ0) is 13.2. The number of hydrogen-bond acceptors (Lipinski definition) is 5. The van der Waals surface area contributed by atoms with E-state index in [-0.39, 0.29) is 0 Å². The van der Waals surface area contributed by atoms with Gasteiger partial charge in [-0.3, -0.25) is 4.40 Å². The van der Waals surface area contributed by atoms with Crippen molar-refractivity contribution in [3.63, 3.8) is 0 Å². The quantitative estimate of drug-likeness (QED) is 0.786. The zero-order valence-electron chi connectivity index (χ0n) is 11.0. The SMILES string of the molecule is CCNC(Cc1cn2ccsc2n1)c1scnc1C. The number of thiazole rings is 2. The Hall–Kier alpha value is -1.24. The minimum absolute atomic E-state index is 0.308. The predicted octanol–water partition coefficient (Wildman–Crippen LogP) is 3.05. The maximum absolute atomic E-state index is 4.66. The number of nitrogens with zero attached hydrogens (tertiary/aromatic N) is 3. The molecule has 0 bridgehead atoms. The lowest BCUT2D eigenvalue weighted by atomic mass is 10.1. The third-order valence-corrected chi connectivity index (χ3v) is 4.92. The second kappa shape index (κ2) is 5.40. The Kier molecular flexibility index (Phi) is 3.63. The lowest BCUT2D eigenvalue weighted by molar-refractivity contribution is 0.550. The van der Waals surface area contributed by atoms with Crippen molar-refractivity contribution in [1.29, 1.82) is 0 Å². The van der Waals surface area contributed by atoms with Crippen LogP contribution in [0.1, 0.15) is 29.2 Å². The van der Waals surface area contributed by atoms with Gasteiger partial charge in [0.15, 0.2) is 4.96 Å². The molecule has 3 aromatic heterocycles. The second-order valence-corrected chi connectivity index (χ2v) is 6.20. The van der Waals surface area contributed by atoms with Gasteiger partial charge in [-0.05, 0) is 13.5 Å². The van der Waals surface area contributed by atoms with E-state index in [1.54, 1.807) is 22.7 Å². The molecule has 3 rings (SSSR count). The number of hydrogen-bond donors (Lipinski definition) is 1. The summed E-state index contributed by atoms with van der Waals surface area (Å²) in [6.07, 6.45) is 5.08. The first-order valence-corrected chi connectivity index (χ1v) is 8.08. The molecule has 3 aromatic rings. The Bertz CT molecular complexity index is 638. The van der Waals surface area contributed by atoms with Gasteiger partial charge in [-0.1, -0.05) is 6.92 Å². The molecule has 0 saturated carbocycles. The summed E-state index contributed by atoms with van der Waals surface area (Å²) in [7, 11) is 0. The van der Waals surface area contributed by atoms with E-state index in [2.05, 4.69) is 51.3 Å². The van der Waals surface area contributed by atoms with Gasteiger partial charge in [0, 0.05) is 35.1 Å². The highest BCUT2D eigenvalue weighted by Crippen LogP contribution is 2.25. The molecule has 0 fully saturated rings. The average molecular weight is 292 g/mol. The van der Waals surface area contributed by atoms with Crippen LogP contribution in [-0.4, -0.2) is 20.9 Å². The fraction of sp³-hybridized carbons (Fsp3) is 0.385. The van der Waals surface area contributed by atoms with E-state index in [1.165, 1.54) is 4.88 Å². The van der Waals surface area contributed by atoms with Crippen molar-refractivity contribution in [2.75, 3.05) is 6.54 Å². The van der Waals surface area contributed by atoms with Crippen molar-refractivity contribution in [1.82, 2.24) is 19.7 Å². The molecule has 100 valence electrons. The van der Waals surface area contributed by atoms with E-state index in [0.717, 1.165) is 29.3 Å². The molecular weight excluding hydrogens is 276 g/mol. The van der Waals surface area contributed by atoms with Crippen molar-refractivity contribution in [2.24, 2.45) is 0 Å². The number of nitrogens with one attached hydrogen (secondary N) is 1. The molecule has 0 amide bonds. The number of rotatable bonds is 5. The van der Waals surface area contributed by atoms with Gasteiger partial charge >= 0.3 is 0 Å². The summed E-state index contributed by atoms with van der Waals surface area (Å²) in [5, 5.41) is 5.59. The third-order valence-electron chi connectivity index (χ3n) is 3.11. The number of likely N-dealkylation sites (N-methyl/N-ethyl adjacent to an activating group) is 1. The molecule has 0 aliphatic carbocycles. The van der Waals surface area contributed by atoms with Gasteiger partial charge < -0.3 is 5.32 Å². The number of imidazole rings is 1. The predicted molar refractivity (Wildman–Crippen MR) is 80.0 cm³/mol. The highest BCUT2D eigenvalue weighted by Gasteiger charge is 2.17. The van der Waals surface area contributed by atoms with Crippen molar-refractivity contribution < 1.29 is 0 Å². The summed E-state index contributed by atoms with van der Waals surface area (Å²) in [6, 6.07) is 0.308. The molecule has 0 aliphatic rings. The van der Waals surface area contributed by atoms with Gasteiger partial charge in [0.25, 0.3) is 0 Å². The normalized spacial score (nSPS) is 13.2. The van der Waals surface area contributed by atoms with Crippen LogP contribution in [-0.2, 0) is 6.42 Å². The van der Waals surface area contributed by atoms with E-state index in [1.807, 2.05) is 5.51 Å². The Balaban J connectivity index is 1.85. The van der Waals surface area contributed by atoms with Gasteiger partial charge in [-0.15, -0.1) is 22.7 Å². The van der Waals surface area contributed by atoms with Crippen molar-refractivity contribution in [2.45, 2.75) is 26.3 Å². The lowest BCUT2D eigenvalue weighted by Gasteiger charge is -2.15. The van der Waals surface area contributed by atoms with Gasteiger partial charge in [-0.2, -0.15) is 0 Å². The summed E-state index contributed by atoms with van der Waals surface area (Å²) < 4.78 is 2.09. The van der Waals surface area contributed by atoms with Crippen molar-refractivity contribution in [3.8, 4) is 0 Å². The van der Waals surface area contributed by atoms with Crippen LogP contribution in [0, 0.1) is 6.92 Å². The average Bonchev–Trinajstić information content (AvgIpc) is 3.03. The van der Waals surface area contributed by atoms with Crippen LogP contribution in [0.3, 0.4) is 0 Å². The topological polar surface area (TPSA) is 42.2 Å². The van der Waals surface area contributed by atoms with Crippen LogP contribution < -0.4 is 5.32 Å². The monoisotopic (exact) mass is 292 g/mol. The smallest absolute Gasteiger partial charge is 0.193 e. The molecule has 19 heavy (non-hydrogen) atoms. The van der Waals surface area contributed by atoms with Gasteiger partial charge in [0.05, 0.1) is 16.9 Å². The first-order valence-electron chi connectivity index (χ1n) is 6.32. The van der Waals surface area contributed by atoms with Crippen molar-refractivity contribution in [3.05, 3.63) is 39.5 Å². The Labute approximate surface area is 120 Å². The number of aryl methyl sites for hydroxylation is 1. The van der Waals surface area contributed by atoms with Crippen LogP contribution in [0.5, 0.6) is 0 Å². The lowest BCUT2D eigenvalue weighted by Crippen LogP contribution is -2.23. The molecule has 6 heteroatoms. The third kappa shape index (κ3) is 2.56. The van der Waals surface area contributed by atoms with Crippen LogP contribution >= 0.6 is 22.7 Å². The summed E-state index contributed by atoms with van der Waals surface area (Å²) in [5.74, 6) is 0. The fourth-order valence-electron chi connectivity index (χ4n) is 2.23. The number of fused-ring (bicyclic) bond motifs is 1. The van der Waals surface area contributed by atoms with E-state index in [0.29, 0.717) is 6.04 Å². The Morgan fingerprint density at radius 1 is 1.42 bits per heavy atom. The van der Waals surface area contributed by atoms with Crippen LogP contribution in [0.15, 0.2) is 23.3 Å².